The number of ether oxygens (including phenoxy) is 1. The van der Waals surface area contributed by atoms with Crippen LogP contribution < -0.4 is 5.32 Å². The molecule has 66 valence electrons. The van der Waals surface area contributed by atoms with Crippen molar-refractivity contribution in [1.29, 1.82) is 0 Å². The lowest BCUT2D eigenvalue weighted by Gasteiger charge is -2.13. The van der Waals surface area contributed by atoms with E-state index in [2.05, 4.69) is 5.32 Å². The molecule has 0 aromatic heterocycles. The second-order valence-corrected chi connectivity index (χ2v) is 2.92. The highest BCUT2D eigenvalue weighted by molar-refractivity contribution is 5.67. The first kappa shape index (κ1) is 10.3. The minimum absolute atomic E-state index is 0.00810. The fourth-order valence-electron chi connectivity index (χ4n) is 0.536. The van der Waals surface area contributed by atoms with Crippen molar-refractivity contribution >= 4 is 6.09 Å². The van der Waals surface area contributed by atoms with E-state index in [4.69, 9.17) is 4.74 Å². The number of rotatable bonds is 3. The molecule has 0 aliphatic rings. The van der Waals surface area contributed by atoms with Gasteiger partial charge in [-0.3, -0.25) is 0 Å². The number of hydrogen-bond acceptors (Lipinski definition) is 2. The SMILES string of the molecule is CCC(C)OC(=O)NC(C)C. The molecule has 0 aromatic rings. The van der Waals surface area contributed by atoms with Crippen molar-refractivity contribution in [1.82, 2.24) is 5.32 Å². The molecule has 3 nitrogen and oxygen atoms in total. The average molecular weight is 159 g/mol. The van der Waals surface area contributed by atoms with E-state index in [1.165, 1.54) is 0 Å². The lowest BCUT2D eigenvalue weighted by molar-refractivity contribution is 0.103. The molecule has 0 saturated heterocycles. The maximum atomic E-state index is 10.9. The molecule has 0 rings (SSSR count). The van der Waals surface area contributed by atoms with E-state index in [-0.39, 0.29) is 18.2 Å². The molecule has 0 bridgehead atoms. The average Bonchev–Trinajstić information content (AvgIpc) is 1.85. The van der Waals surface area contributed by atoms with Gasteiger partial charge in [0.2, 0.25) is 0 Å². The zero-order valence-corrected chi connectivity index (χ0v) is 7.68. The minimum atomic E-state index is -0.325. The molecule has 0 saturated carbocycles. The van der Waals surface area contributed by atoms with Crippen LogP contribution in [0, 0.1) is 0 Å². The summed E-state index contributed by atoms with van der Waals surface area (Å²) in [4.78, 5) is 10.9. The van der Waals surface area contributed by atoms with Gasteiger partial charge in [0, 0.05) is 6.04 Å². The Morgan fingerprint density at radius 1 is 1.45 bits per heavy atom. The van der Waals surface area contributed by atoms with Gasteiger partial charge in [-0.15, -0.1) is 0 Å². The van der Waals surface area contributed by atoms with E-state index in [1.54, 1.807) is 0 Å². The topological polar surface area (TPSA) is 38.3 Å². The van der Waals surface area contributed by atoms with E-state index in [0.717, 1.165) is 6.42 Å². The maximum Gasteiger partial charge on any atom is 0.407 e. The summed E-state index contributed by atoms with van der Waals surface area (Å²) in [6.45, 7) is 7.66. The molecule has 0 aliphatic carbocycles. The molecule has 3 heteroatoms. The zero-order chi connectivity index (χ0) is 8.85. The third kappa shape index (κ3) is 5.70. The first-order valence-electron chi connectivity index (χ1n) is 4.03. The minimum Gasteiger partial charge on any atom is -0.447 e. The summed E-state index contributed by atoms with van der Waals surface area (Å²) in [7, 11) is 0. The fraction of sp³-hybridized carbons (Fsp3) is 0.875. The highest BCUT2D eigenvalue weighted by Crippen LogP contribution is 1.96. The van der Waals surface area contributed by atoms with Crippen LogP contribution in [0.25, 0.3) is 0 Å². The van der Waals surface area contributed by atoms with Gasteiger partial charge in [-0.2, -0.15) is 0 Å². The van der Waals surface area contributed by atoms with E-state index in [1.807, 2.05) is 27.7 Å². The van der Waals surface area contributed by atoms with Gasteiger partial charge in [0.1, 0.15) is 6.10 Å². The van der Waals surface area contributed by atoms with Crippen molar-refractivity contribution in [3.63, 3.8) is 0 Å². The van der Waals surface area contributed by atoms with Gasteiger partial charge in [0.05, 0.1) is 0 Å². The molecule has 1 N–H and O–H groups in total. The van der Waals surface area contributed by atoms with Gasteiger partial charge in [-0.05, 0) is 27.2 Å². The van der Waals surface area contributed by atoms with Crippen molar-refractivity contribution in [3.05, 3.63) is 0 Å². The molecule has 0 aliphatic heterocycles. The Morgan fingerprint density at radius 3 is 2.36 bits per heavy atom. The van der Waals surface area contributed by atoms with Gasteiger partial charge in [0.15, 0.2) is 0 Å². The standard InChI is InChI=1S/C8H17NO2/c1-5-7(4)11-8(10)9-6(2)3/h6-7H,5H2,1-4H3,(H,9,10). The van der Waals surface area contributed by atoms with E-state index < -0.39 is 0 Å². The fourth-order valence-corrected chi connectivity index (χ4v) is 0.536. The highest BCUT2D eigenvalue weighted by Gasteiger charge is 2.07. The molecule has 0 fully saturated rings. The molecule has 0 spiro atoms. The molecule has 1 unspecified atom stereocenters. The second-order valence-electron chi connectivity index (χ2n) is 2.92. The summed E-state index contributed by atoms with van der Waals surface area (Å²) < 4.78 is 4.96. The normalized spacial score (nSPS) is 12.8. The number of nitrogens with one attached hydrogen (secondary N) is 1. The van der Waals surface area contributed by atoms with Gasteiger partial charge >= 0.3 is 6.09 Å². The summed E-state index contributed by atoms with van der Waals surface area (Å²) in [5, 5.41) is 2.65. The molecule has 0 heterocycles. The smallest absolute Gasteiger partial charge is 0.407 e. The summed E-state index contributed by atoms with van der Waals surface area (Å²) >= 11 is 0. The highest BCUT2D eigenvalue weighted by atomic mass is 16.6. The van der Waals surface area contributed by atoms with Crippen LogP contribution in [0.4, 0.5) is 4.79 Å². The van der Waals surface area contributed by atoms with Crippen molar-refractivity contribution in [3.8, 4) is 0 Å². The van der Waals surface area contributed by atoms with Crippen molar-refractivity contribution in [2.75, 3.05) is 0 Å². The number of hydrogen-bond donors (Lipinski definition) is 1. The molecular formula is C8H17NO2. The van der Waals surface area contributed by atoms with Crippen LogP contribution in [0.15, 0.2) is 0 Å². The van der Waals surface area contributed by atoms with Crippen molar-refractivity contribution in [2.45, 2.75) is 46.3 Å². The Kier molecular flexibility index (Phi) is 4.66. The summed E-state index contributed by atoms with van der Waals surface area (Å²) in [5.74, 6) is 0. The summed E-state index contributed by atoms with van der Waals surface area (Å²) in [6, 6.07) is 0.145. The molecule has 0 radical (unpaired) electrons. The molecule has 11 heavy (non-hydrogen) atoms. The lowest BCUT2D eigenvalue weighted by Crippen LogP contribution is -2.32. The van der Waals surface area contributed by atoms with Gasteiger partial charge in [-0.25, -0.2) is 4.79 Å². The van der Waals surface area contributed by atoms with Crippen LogP contribution in [-0.4, -0.2) is 18.2 Å². The molecule has 1 amide bonds. The van der Waals surface area contributed by atoms with E-state index in [9.17, 15) is 4.79 Å². The first-order valence-corrected chi connectivity index (χ1v) is 4.03. The van der Waals surface area contributed by atoms with Crippen LogP contribution in [0.2, 0.25) is 0 Å². The third-order valence-corrected chi connectivity index (χ3v) is 1.29. The van der Waals surface area contributed by atoms with Gasteiger partial charge < -0.3 is 10.1 Å². The number of alkyl carbamates (subject to hydrolysis) is 1. The molecule has 0 aromatic carbocycles. The Balaban J connectivity index is 3.52. The Morgan fingerprint density at radius 2 is 2.00 bits per heavy atom. The first-order chi connectivity index (χ1) is 5.06. The van der Waals surface area contributed by atoms with Crippen LogP contribution in [0.3, 0.4) is 0 Å². The number of amides is 1. The Bertz CT molecular complexity index is 123. The van der Waals surface area contributed by atoms with Crippen molar-refractivity contribution in [2.24, 2.45) is 0 Å². The predicted octanol–water partition coefficient (Wildman–Crippen LogP) is 1.92. The zero-order valence-electron chi connectivity index (χ0n) is 7.68. The predicted molar refractivity (Wildman–Crippen MR) is 44.5 cm³/mol. The van der Waals surface area contributed by atoms with Gasteiger partial charge in [0.25, 0.3) is 0 Å². The second kappa shape index (κ2) is 4.99. The lowest BCUT2D eigenvalue weighted by atomic mass is 10.3. The van der Waals surface area contributed by atoms with E-state index >= 15 is 0 Å². The number of carbonyl (C=O) groups is 1. The quantitative estimate of drug-likeness (QED) is 0.683. The van der Waals surface area contributed by atoms with Crippen LogP contribution in [0.1, 0.15) is 34.1 Å². The van der Waals surface area contributed by atoms with Gasteiger partial charge in [-0.1, -0.05) is 6.92 Å². The summed E-state index contributed by atoms with van der Waals surface area (Å²) in [6.07, 6.45) is 0.536. The Hall–Kier alpha value is -0.730. The van der Waals surface area contributed by atoms with Crippen LogP contribution in [0.5, 0.6) is 0 Å². The van der Waals surface area contributed by atoms with Crippen molar-refractivity contribution < 1.29 is 9.53 Å². The van der Waals surface area contributed by atoms with Crippen LogP contribution >= 0.6 is 0 Å². The maximum absolute atomic E-state index is 10.9. The molecular weight excluding hydrogens is 142 g/mol. The van der Waals surface area contributed by atoms with E-state index in [0.29, 0.717) is 0 Å². The largest absolute Gasteiger partial charge is 0.447 e. The number of carbonyl (C=O) groups excluding carboxylic acids is 1. The Labute approximate surface area is 68.1 Å². The monoisotopic (exact) mass is 159 g/mol. The third-order valence-electron chi connectivity index (χ3n) is 1.29. The molecule has 1 atom stereocenters. The van der Waals surface area contributed by atoms with Crippen LogP contribution in [-0.2, 0) is 4.74 Å². The summed E-state index contributed by atoms with van der Waals surface area (Å²) in [5.41, 5.74) is 0.